The normalized spacial score (nSPS) is 13.2. The van der Waals surface area contributed by atoms with Crippen LogP contribution >= 0.6 is 0 Å². The van der Waals surface area contributed by atoms with E-state index in [-0.39, 0.29) is 0 Å². The minimum Gasteiger partial charge on any atom is -0.418 e. The summed E-state index contributed by atoms with van der Waals surface area (Å²) < 4.78 is 10.8. The van der Waals surface area contributed by atoms with E-state index in [2.05, 4.69) is 13.1 Å². The van der Waals surface area contributed by atoms with Gasteiger partial charge in [-0.05, 0) is 20.0 Å². The molecule has 0 saturated heterocycles. The van der Waals surface area contributed by atoms with Crippen LogP contribution in [0.3, 0.4) is 0 Å². The standard InChI is InChI=1S/C10H20O2Si/c1-5-6-7-8-9-12-10-13(3,4)11-2/h5-8H,9-10H2,1-4H3/b6-5+,8-7+. The molecule has 0 saturated carbocycles. The Kier molecular flexibility index (Phi) is 6.85. The second kappa shape index (κ2) is 7.06. The molecule has 0 aromatic heterocycles. The fourth-order valence-electron chi connectivity index (χ4n) is 0.677. The molecule has 0 atom stereocenters. The molecule has 3 heteroatoms. The highest BCUT2D eigenvalue weighted by atomic mass is 28.4. The number of rotatable bonds is 6. The van der Waals surface area contributed by atoms with E-state index in [1.54, 1.807) is 7.11 Å². The van der Waals surface area contributed by atoms with Crippen molar-refractivity contribution >= 4 is 8.32 Å². The zero-order chi connectivity index (χ0) is 10.2. The Labute approximate surface area is 82.4 Å². The zero-order valence-corrected chi connectivity index (χ0v) is 10.0. The summed E-state index contributed by atoms with van der Waals surface area (Å²) in [6.45, 7) is 6.95. The van der Waals surface area contributed by atoms with Crippen LogP contribution in [0, 0.1) is 0 Å². The molecule has 0 aliphatic rings. The van der Waals surface area contributed by atoms with Gasteiger partial charge in [-0.1, -0.05) is 24.3 Å². The Hall–Kier alpha value is -0.383. The van der Waals surface area contributed by atoms with Crippen molar-refractivity contribution in [2.24, 2.45) is 0 Å². The second-order valence-electron chi connectivity index (χ2n) is 3.43. The Balaban J connectivity index is 3.45. The van der Waals surface area contributed by atoms with Crippen molar-refractivity contribution in [1.82, 2.24) is 0 Å². The molecule has 0 amide bonds. The molecule has 13 heavy (non-hydrogen) atoms. The minimum atomic E-state index is -1.52. The van der Waals surface area contributed by atoms with Gasteiger partial charge >= 0.3 is 0 Å². The first-order chi connectivity index (χ1) is 6.12. The third-order valence-electron chi connectivity index (χ3n) is 1.66. The van der Waals surface area contributed by atoms with Gasteiger partial charge in [0.05, 0.1) is 12.8 Å². The lowest BCUT2D eigenvalue weighted by atomic mass is 10.4. The van der Waals surface area contributed by atoms with Crippen molar-refractivity contribution in [3.8, 4) is 0 Å². The molecular weight excluding hydrogens is 180 g/mol. The number of allylic oxidation sites excluding steroid dienone is 3. The summed E-state index contributed by atoms with van der Waals surface area (Å²) in [5, 5.41) is 0. The Bertz CT molecular complexity index is 174. The minimum absolute atomic E-state index is 0.671. The van der Waals surface area contributed by atoms with Gasteiger partial charge in [0.25, 0.3) is 0 Å². The molecule has 0 aromatic carbocycles. The molecule has 0 aliphatic carbocycles. The summed E-state index contributed by atoms with van der Waals surface area (Å²) in [5.74, 6) is 0. The average molecular weight is 200 g/mol. The molecule has 0 fully saturated rings. The highest BCUT2D eigenvalue weighted by Crippen LogP contribution is 2.02. The van der Waals surface area contributed by atoms with Crippen molar-refractivity contribution < 1.29 is 9.16 Å². The third-order valence-corrected chi connectivity index (χ3v) is 3.66. The molecule has 0 rings (SSSR count). The third kappa shape index (κ3) is 7.96. The van der Waals surface area contributed by atoms with Crippen molar-refractivity contribution in [2.75, 3.05) is 19.9 Å². The van der Waals surface area contributed by atoms with Crippen molar-refractivity contribution in [3.05, 3.63) is 24.3 Å². The molecule has 0 radical (unpaired) electrons. The van der Waals surface area contributed by atoms with Gasteiger partial charge in [-0.3, -0.25) is 0 Å². The summed E-state index contributed by atoms with van der Waals surface area (Å²) in [5.41, 5.74) is 0. The van der Waals surface area contributed by atoms with E-state index < -0.39 is 8.32 Å². The molecule has 0 heterocycles. The predicted molar refractivity (Wildman–Crippen MR) is 59.3 cm³/mol. The van der Waals surface area contributed by atoms with Crippen LogP contribution in [0.15, 0.2) is 24.3 Å². The van der Waals surface area contributed by atoms with E-state index in [1.165, 1.54) is 0 Å². The first kappa shape index (κ1) is 12.6. The fourth-order valence-corrected chi connectivity index (χ4v) is 1.40. The molecular formula is C10H20O2Si. The van der Waals surface area contributed by atoms with Crippen LogP contribution in [0.1, 0.15) is 6.92 Å². The van der Waals surface area contributed by atoms with Crippen LogP contribution in [0.2, 0.25) is 13.1 Å². The van der Waals surface area contributed by atoms with Crippen molar-refractivity contribution in [3.63, 3.8) is 0 Å². The SMILES string of the molecule is C/C=C/C=C/COC[Si](C)(C)OC. The molecule has 0 aromatic rings. The highest BCUT2D eigenvalue weighted by molar-refractivity contribution is 6.71. The molecule has 0 bridgehead atoms. The quantitative estimate of drug-likeness (QED) is 0.373. The maximum absolute atomic E-state index is 5.45. The van der Waals surface area contributed by atoms with Crippen LogP contribution in [0.4, 0.5) is 0 Å². The average Bonchev–Trinajstić information content (AvgIpc) is 2.11. The van der Waals surface area contributed by atoms with Crippen molar-refractivity contribution in [1.29, 1.82) is 0 Å². The molecule has 76 valence electrons. The Morgan fingerprint density at radius 3 is 2.46 bits per heavy atom. The summed E-state index contributed by atoms with van der Waals surface area (Å²) in [7, 11) is 0.235. The molecule has 0 unspecified atom stereocenters. The summed E-state index contributed by atoms with van der Waals surface area (Å²) in [4.78, 5) is 0. The van der Waals surface area contributed by atoms with Crippen LogP contribution in [0.25, 0.3) is 0 Å². The maximum Gasteiger partial charge on any atom is 0.211 e. The molecule has 0 N–H and O–H groups in total. The monoisotopic (exact) mass is 200 g/mol. The maximum atomic E-state index is 5.45. The van der Waals surface area contributed by atoms with Gasteiger partial charge in [0.1, 0.15) is 0 Å². The second-order valence-corrected chi connectivity index (χ2v) is 7.65. The van der Waals surface area contributed by atoms with Crippen LogP contribution in [-0.4, -0.2) is 28.3 Å². The van der Waals surface area contributed by atoms with E-state index >= 15 is 0 Å². The van der Waals surface area contributed by atoms with Gasteiger partial charge in [0.15, 0.2) is 0 Å². The van der Waals surface area contributed by atoms with Crippen LogP contribution < -0.4 is 0 Å². The van der Waals surface area contributed by atoms with Crippen LogP contribution in [0.5, 0.6) is 0 Å². The first-order valence-corrected chi connectivity index (χ1v) is 7.64. The van der Waals surface area contributed by atoms with Gasteiger partial charge in [0.2, 0.25) is 8.32 Å². The molecule has 2 nitrogen and oxygen atoms in total. The summed E-state index contributed by atoms with van der Waals surface area (Å²) in [6, 6.07) is 0. The lowest BCUT2D eigenvalue weighted by Gasteiger charge is -2.18. The van der Waals surface area contributed by atoms with E-state index in [0.717, 1.165) is 6.23 Å². The smallest absolute Gasteiger partial charge is 0.211 e. The van der Waals surface area contributed by atoms with E-state index in [9.17, 15) is 0 Å². The van der Waals surface area contributed by atoms with E-state index in [1.807, 2.05) is 31.2 Å². The Morgan fingerprint density at radius 2 is 1.92 bits per heavy atom. The first-order valence-electron chi connectivity index (χ1n) is 4.53. The highest BCUT2D eigenvalue weighted by Gasteiger charge is 2.19. The number of ether oxygens (including phenoxy) is 1. The van der Waals surface area contributed by atoms with Gasteiger partial charge in [-0.2, -0.15) is 0 Å². The van der Waals surface area contributed by atoms with Gasteiger partial charge in [-0.25, -0.2) is 0 Å². The predicted octanol–water partition coefficient (Wildman–Crippen LogP) is 2.53. The topological polar surface area (TPSA) is 18.5 Å². The van der Waals surface area contributed by atoms with Gasteiger partial charge in [-0.15, -0.1) is 0 Å². The molecule has 0 spiro atoms. The van der Waals surface area contributed by atoms with Crippen molar-refractivity contribution in [2.45, 2.75) is 20.0 Å². The Morgan fingerprint density at radius 1 is 1.23 bits per heavy atom. The lowest BCUT2D eigenvalue weighted by molar-refractivity contribution is 0.188. The van der Waals surface area contributed by atoms with E-state index in [0.29, 0.717) is 6.61 Å². The van der Waals surface area contributed by atoms with Crippen LogP contribution in [-0.2, 0) is 9.16 Å². The number of hydrogen-bond donors (Lipinski definition) is 0. The zero-order valence-electron chi connectivity index (χ0n) is 9.04. The summed E-state index contributed by atoms with van der Waals surface area (Å²) >= 11 is 0. The lowest BCUT2D eigenvalue weighted by Crippen LogP contribution is -2.35. The molecule has 0 aliphatic heterocycles. The van der Waals surface area contributed by atoms with E-state index in [4.69, 9.17) is 9.16 Å². The van der Waals surface area contributed by atoms with Gasteiger partial charge in [0, 0.05) is 7.11 Å². The largest absolute Gasteiger partial charge is 0.418 e. The number of hydrogen-bond acceptors (Lipinski definition) is 2. The summed E-state index contributed by atoms with van der Waals surface area (Å²) in [6.07, 6.45) is 8.72. The van der Waals surface area contributed by atoms with Gasteiger partial charge < -0.3 is 9.16 Å². The fraction of sp³-hybridized carbons (Fsp3) is 0.600.